The Hall–Kier alpha value is -4.38. The lowest BCUT2D eigenvalue weighted by molar-refractivity contribution is -0.0356. The summed E-state index contributed by atoms with van der Waals surface area (Å²) in [4.78, 5) is 62.4. The summed E-state index contributed by atoms with van der Waals surface area (Å²) in [6.45, 7) is 5.52. The Kier molecular flexibility index (Phi) is 14.0. The normalized spacial score (nSPS) is 16.2. The second-order valence-electron chi connectivity index (χ2n) is 11.6. The van der Waals surface area contributed by atoms with Gasteiger partial charge in [0.05, 0.1) is 36.9 Å². The van der Waals surface area contributed by atoms with Crippen molar-refractivity contribution < 1.29 is 70.4 Å². The molecule has 276 valence electrons. The number of hydrogen-bond acceptors (Lipinski definition) is 14. The molecule has 2 unspecified atom stereocenters. The van der Waals surface area contributed by atoms with Gasteiger partial charge in [0.2, 0.25) is 19.0 Å². The number of aromatic nitrogens is 1. The molecular weight excluding hydrogens is 693 g/mol. The maximum Gasteiger partial charge on any atom is 0.510 e. The van der Waals surface area contributed by atoms with Gasteiger partial charge in [0.1, 0.15) is 22.9 Å². The van der Waals surface area contributed by atoms with E-state index >= 15 is 0 Å². The Balaban J connectivity index is 1.69. The number of amides is 1. The molecule has 0 aliphatic carbocycles. The second-order valence-corrected chi connectivity index (χ2v) is 13.8. The standard InChI is InChI=1S/C31H39F2N2O14P/c1-6-43-29(40)45-16-47-50(42,48-17-46-30(41)49-18(2)3)11-7-10-44-23-15-35-14-21(25(36)26(37)24(35)27(38)31(23,4)5)28(39)34-13-19-8-9-20(32)12-22(19)33/h8-9,12,14,18,23,37H,6-7,10-11,13,15-17H2,1-5H3,(H,34,39). The number of carbonyl (C=O) groups excluding carboxylic acids is 4. The number of carbonyl (C=O) groups is 4. The number of benzene rings is 1. The van der Waals surface area contributed by atoms with Crippen LogP contribution in [0, 0.1) is 17.0 Å². The third-order valence-corrected chi connectivity index (χ3v) is 9.13. The van der Waals surface area contributed by atoms with E-state index < -0.39 is 97.7 Å². The molecule has 2 heterocycles. The number of hydrogen-bond donors (Lipinski definition) is 2. The van der Waals surface area contributed by atoms with Crippen molar-refractivity contribution in [2.75, 3.05) is 33.0 Å². The quantitative estimate of drug-likeness (QED) is 0.105. The van der Waals surface area contributed by atoms with E-state index in [1.54, 1.807) is 20.8 Å². The van der Waals surface area contributed by atoms with E-state index in [0.717, 1.165) is 18.3 Å². The fourth-order valence-electron chi connectivity index (χ4n) is 4.59. The Morgan fingerprint density at radius 2 is 1.74 bits per heavy atom. The average Bonchev–Trinajstić information content (AvgIpc) is 3.02. The molecule has 0 radical (unpaired) electrons. The molecule has 0 bridgehead atoms. The highest BCUT2D eigenvalue weighted by atomic mass is 31.2. The topological polar surface area (TPSA) is 204 Å². The van der Waals surface area contributed by atoms with Gasteiger partial charge in [-0.3, -0.25) is 28.0 Å². The minimum atomic E-state index is -4.09. The van der Waals surface area contributed by atoms with Crippen LogP contribution in [0.5, 0.6) is 5.75 Å². The van der Waals surface area contributed by atoms with Crippen molar-refractivity contribution in [3.63, 3.8) is 0 Å². The van der Waals surface area contributed by atoms with E-state index in [0.29, 0.717) is 6.07 Å². The molecule has 1 amide bonds. The Morgan fingerprint density at radius 1 is 1.08 bits per heavy atom. The molecule has 3 rings (SSSR count). The summed E-state index contributed by atoms with van der Waals surface area (Å²) in [6.07, 6.45) is -2.82. The minimum Gasteiger partial charge on any atom is -0.503 e. The molecule has 16 nitrogen and oxygen atoms in total. The highest BCUT2D eigenvalue weighted by Gasteiger charge is 2.45. The number of ether oxygens (including phenoxy) is 5. The van der Waals surface area contributed by atoms with Crippen LogP contribution >= 0.6 is 7.60 Å². The monoisotopic (exact) mass is 732 g/mol. The number of nitrogens with zero attached hydrogens (tertiary/aromatic N) is 1. The molecule has 2 N–H and O–H groups in total. The summed E-state index contributed by atoms with van der Waals surface area (Å²) in [5.74, 6) is -4.33. The van der Waals surface area contributed by atoms with Gasteiger partial charge in [0.15, 0.2) is 11.5 Å². The molecule has 1 aromatic carbocycles. The van der Waals surface area contributed by atoms with Gasteiger partial charge in [-0.25, -0.2) is 18.4 Å². The van der Waals surface area contributed by atoms with E-state index in [4.69, 9.17) is 23.3 Å². The van der Waals surface area contributed by atoms with Crippen molar-refractivity contribution in [1.82, 2.24) is 9.88 Å². The van der Waals surface area contributed by atoms with Crippen LogP contribution < -0.4 is 10.7 Å². The number of rotatable bonds is 16. The molecule has 50 heavy (non-hydrogen) atoms. The molecule has 0 fully saturated rings. The first-order valence-electron chi connectivity index (χ1n) is 15.3. The molecule has 1 aromatic heterocycles. The van der Waals surface area contributed by atoms with Crippen LogP contribution in [0.3, 0.4) is 0 Å². The third-order valence-electron chi connectivity index (χ3n) is 7.26. The van der Waals surface area contributed by atoms with Crippen LogP contribution in [-0.4, -0.2) is 78.8 Å². The summed E-state index contributed by atoms with van der Waals surface area (Å²) in [5, 5.41) is 13.0. The summed E-state index contributed by atoms with van der Waals surface area (Å²) in [5.41, 5.74) is -3.35. The third kappa shape index (κ3) is 10.6. The summed E-state index contributed by atoms with van der Waals surface area (Å²) in [7, 11) is -4.09. The Morgan fingerprint density at radius 3 is 2.36 bits per heavy atom. The van der Waals surface area contributed by atoms with Crippen molar-refractivity contribution in [1.29, 1.82) is 0 Å². The smallest absolute Gasteiger partial charge is 0.503 e. The molecular formula is C31H39F2N2O14P. The molecule has 0 saturated carbocycles. The molecule has 19 heteroatoms. The highest BCUT2D eigenvalue weighted by Crippen LogP contribution is 2.49. The maximum atomic E-state index is 14.0. The lowest BCUT2D eigenvalue weighted by Gasteiger charge is -2.39. The highest BCUT2D eigenvalue weighted by molar-refractivity contribution is 7.53. The molecule has 2 atom stereocenters. The Labute approximate surface area is 285 Å². The lowest BCUT2D eigenvalue weighted by Crippen LogP contribution is -2.48. The van der Waals surface area contributed by atoms with Crippen LogP contribution in [0.1, 0.15) is 67.4 Å². The first-order valence-corrected chi connectivity index (χ1v) is 17.1. The fraction of sp³-hybridized carbons (Fsp3) is 0.516. The molecule has 0 saturated heterocycles. The van der Waals surface area contributed by atoms with Gasteiger partial charge in [0, 0.05) is 31.0 Å². The predicted octanol–water partition coefficient (Wildman–Crippen LogP) is 4.64. The van der Waals surface area contributed by atoms with Gasteiger partial charge in [-0.05, 0) is 47.1 Å². The lowest BCUT2D eigenvalue weighted by atomic mass is 9.77. The first kappa shape index (κ1) is 40.1. The number of ketones is 1. The van der Waals surface area contributed by atoms with E-state index in [2.05, 4.69) is 14.8 Å². The van der Waals surface area contributed by atoms with Gasteiger partial charge in [0.25, 0.3) is 5.91 Å². The second kappa shape index (κ2) is 17.5. The van der Waals surface area contributed by atoms with Crippen LogP contribution in [0.15, 0.2) is 29.2 Å². The largest absolute Gasteiger partial charge is 0.510 e. The SMILES string of the molecule is CCOC(=O)OCOP(=O)(CCCOC1Cn2cc(C(=O)NCc3ccc(F)cc3F)c(=O)c(O)c2C(=O)C1(C)C)OCOC(=O)OC(C)C. The zero-order valence-electron chi connectivity index (χ0n) is 28.0. The number of halogens is 2. The van der Waals surface area contributed by atoms with Crippen molar-refractivity contribution in [3.8, 4) is 5.75 Å². The zero-order valence-corrected chi connectivity index (χ0v) is 28.9. The summed E-state index contributed by atoms with van der Waals surface area (Å²) in [6, 6.07) is 2.75. The molecule has 1 aliphatic heterocycles. The molecule has 2 aromatic rings. The van der Waals surface area contributed by atoms with E-state index in [1.807, 2.05) is 0 Å². The van der Waals surface area contributed by atoms with Gasteiger partial charge in [-0.15, -0.1) is 0 Å². The van der Waals surface area contributed by atoms with Crippen LogP contribution in [0.25, 0.3) is 0 Å². The van der Waals surface area contributed by atoms with Crippen LogP contribution in [0.4, 0.5) is 18.4 Å². The zero-order chi connectivity index (χ0) is 37.2. The fourth-order valence-corrected chi connectivity index (χ4v) is 5.87. The number of fused-ring (bicyclic) bond motifs is 1. The number of nitrogens with one attached hydrogen (secondary N) is 1. The van der Waals surface area contributed by atoms with Gasteiger partial charge >= 0.3 is 19.9 Å². The summed E-state index contributed by atoms with van der Waals surface area (Å²) >= 11 is 0. The molecule has 1 aliphatic rings. The number of aromatic hydroxyl groups is 1. The van der Waals surface area contributed by atoms with Crippen LogP contribution in [-0.2, 0) is 50.4 Å². The van der Waals surface area contributed by atoms with Crippen LogP contribution in [0.2, 0.25) is 0 Å². The van der Waals surface area contributed by atoms with E-state index in [9.17, 15) is 42.4 Å². The van der Waals surface area contributed by atoms with Crippen molar-refractivity contribution in [2.45, 2.75) is 66.3 Å². The number of Topliss-reactive ketones (excluding diaryl/α,β-unsaturated/α-hetero) is 1. The minimum absolute atomic E-state index is 0.0102. The van der Waals surface area contributed by atoms with Crippen molar-refractivity contribution in [2.24, 2.45) is 5.41 Å². The maximum absolute atomic E-state index is 14.0. The van der Waals surface area contributed by atoms with E-state index in [1.165, 1.54) is 18.4 Å². The Bertz CT molecular complexity index is 1680. The average molecular weight is 733 g/mol. The van der Waals surface area contributed by atoms with Gasteiger partial charge in [-0.1, -0.05) is 6.07 Å². The molecule has 0 spiro atoms. The van der Waals surface area contributed by atoms with Crippen molar-refractivity contribution in [3.05, 3.63) is 63.1 Å². The van der Waals surface area contributed by atoms with Gasteiger partial charge < -0.3 is 38.7 Å². The van der Waals surface area contributed by atoms with E-state index in [-0.39, 0.29) is 43.6 Å². The van der Waals surface area contributed by atoms with Gasteiger partial charge in [-0.2, -0.15) is 0 Å². The summed E-state index contributed by atoms with van der Waals surface area (Å²) < 4.78 is 76.9. The van der Waals surface area contributed by atoms with Crippen molar-refractivity contribution >= 4 is 31.6 Å². The number of pyridine rings is 1. The first-order chi connectivity index (χ1) is 23.5. The predicted molar refractivity (Wildman–Crippen MR) is 168 cm³/mol.